The number of anilines is 1. The minimum Gasteiger partial charge on any atom is -0.446 e. The average Bonchev–Trinajstić information content (AvgIpc) is 3.00. The molecule has 4 aliphatic rings. The van der Waals surface area contributed by atoms with Crippen LogP contribution in [0.3, 0.4) is 0 Å². The molecule has 0 unspecified atom stereocenters. The lowest BCUT2D eigenvalue weighted by atomic mass is 9.50. The zero-order valence-corrected chi connectivity index (χ0v) is 12.3. The van der Waals surface area contributed by atoms with E-state index in [1.54, 1.807) is 0 Å². The van der Waals surface area contributed by atoms with Gasteiger partial charge in [-0.15, -0.1) is 0 Å². The molecule has 6 heteroatoms. The van der Waals surface area contributed by atoms with Crippen molar-refractivity contribution < 1.29 is 9.53 Å². The summed E-state index contributed by atoms with van der Waals surface area (Å²) in [7, 11) is 1.86. The van der Waals surface area contributed by atoms with Gasteiger partial charge in [-0.05, 0) is 44.4 Å². The quantitative estimate of drug-likeness (QED) is 0.795. The highest BCUT2D eigenvalue weighted by atomic mass is 16.6. The molecule has 5 rings (SSSR count). The zero-order chi connectivity index (χ0) is 14.4. The van der Waals surface area contributed by atoms with Crippen LogP contribution < -0.4 is 10.6 Å². The van der Waals surface area contributed by atoms with Crippen LogP contribution in [0.25, 0.3) is 0 Å². The first-order chi connectivity index (χ1) is 10.2. The number of aromatic amines is 1. The molecule has 0 aromatic carbocycles. The fourth-order valence-corrected chi connectivity index (χ4v) is 4.03. The topological polar surface area (TPSA) is 79.0 Å². The Labute approximate surface area is 124 Å². The third-order valence-electron chi connectivity index (χ3n) is 5.36. The Bertz CT molecular complexity index is 539. The van der Waals surface area contributed by atoms with E-state index in [4.69, 9.17) is 4.74 Å². The van der Waals surface area contributed by atoms with Crippen LogP contribution in [-0.2, 0) is 4.74 Å². The van der Waals surface area contributed by atoms with Gasteiger partial charge >= 0.3 is 6.09 Å². The van der Waals surface area contributed by atoms with Gasteiger partial charge in [0.05, 0.1) is 0 Å². The van der Waals surface area contributed by atoms with Crippen molar-refractivity contribution in [2.24, 2.45) is 5.92 Å². The lowest BCUT2D eigenvalue weighted by molar-refractivity contribution is -0.0506. The van der Waals surface area contributed by atoms with Gasteiger partial charge in [-0.2, -0.15) is 5.10 Å². The number of aromatic nitrogens is 2. The molecule has 2 bridgehead atoms. The Balaban J connectivity index is 1.28. The lowest BCUT2D eigenvalue weighted by Gasteiger charge is -2.61. The molecule has 6 nitrogen and oxygen atoms in total. The van der Waals surface area contributed by atoms with E-state index in [2.05, 4.69) is 20.8 Å². The van der Waals surface area contributed by atoms with Crippen LogP contribution in [0.15, 0.2) is 6.07 Å². The summed E-state index contributed by atoms with van der Waals surface area (Å²) < 4.78 is 5.59. The highest BCUT2D eigenvalue weighted by molar-refractivity contribution is 5.69. The number of nitrogens with zero attached hydrogens (tertiary/aromatic N) is 1. The van der Waals surface area contributed by atoms with Gasteiger partial charge in [0.1, 0.15) is 11.9 Å². The summed E-state index contributed by atoms with van der Waals surface area (Å²) in [5.41, 5.74) is 1.23. The molecule has 1 amide bonds. The highest BCUT2D eigenvalue weighted by Gasteiger charge is 2.57. The third kappa shape index (κ3) is 2.26. The number of hydrogen-bond donors (Lipinski definition) is 3. The normalized spacial score (nSPS) is 36.5. The Kier molecular flexibility index (Phi) is 2.87. The van der Waals surface area contributed by atoms with Gasteiger partial charge in [-0.25, -0.2) is 4.79 Å². The second-order valence-electron chi connectivity index (χ2n) is 6.88. The molecule has 4 fully saturated rings. The van der Waals surface area contributed by atoms with Crippen molar-refractivity contribution in [3.05, 3.63) is 11.8 Å². The van der Waals surface area contributed by atoms with Crippen molar-refractivity contribution in [2.45, 2.75) is 56.1 Å². The first-order valence-corrected chi connectivity index (χ1v) is 7.88. The van der Waals surface area contributed by atoms with Crippen LogP contribution in [0.2, 0.25) is 0 Å². The molecule has 0 radical (unpaired) electrons. The van der Waals surface area contributed by atoms with Crippen molar-refractivity contribution >= 4 is 11.9 Å². The van der Waals surface area contributed by atoms with Crippen LogP contribution >= 0.6 is 0 Å². The van der Waals surface area contributed by atoms with E-state index in [0.29, 0.717) is 5.92 Å². The summed E-state index contributed by atoms with van der Waals surface area (Å²) >= 11 is 0. The zero-order valence-electron chi connectivity index (χ0n) is 12.3. The summed E-state index contributed by atoms with van der Waals surface area (Å²) in [6, 6.07) is 2.04. The monoisotopic (exact) mass is 290 g/mol. The molecule has 0 aliphatic heterocycles. The van der Waals surface area contributed by atoms with Crippen LogP contribution in [0.1, 0.15) is 50.1 Å². The summed E-state index contributed by atoms with van der Waals surface area (Å²) in [6.07, 6.45) is 6.11. The Hall–Kier alpha value is -1.72. The number of carbonyl (C=O) groups excluding carboxylic acids is 1. The van der Waals surface area contributed by atoms with E-state index >= 15 is 0 Å². The largest absolute Gasteiger partial charge is 0.446 e. The van der Waals surface area contributed by atoms with Gasteiger partial charge in [-0.1, -0.05) is 0 Å². The molecule has 3 N–H and O–H groups in total. The van der Waals surface area contributed by atoms with Gasteiger partial charge < -0.3 is 15.4 Å². The van der Waals surface area contributed by atoms with Gasteiger partial charge in [0, 0.05) is 30.3 Å². The Morgan fingerprint density at radius 2 is 2.24 bits per heavy atom. The van der Waals surface area contributed by atoms with E-state index in [-0.39, 0.29) is 17.7 Å². The maximum Gasteiger partial charge on any atom is 0.407 e. The molecule has 1 aromatic heterocycles. The number of H-pyrrole nitrogens is 1. The van der Waals surface area contributed by atoms with E-state index in [9.17, 15) is 4.79 Å². The van der Waals surface area contributed by atoms with Gasteiger partial charge in [0.2, 0.25) is 0 Å². The van der Waals surface area contributed by atoms with Crippen LogP contribution in [0, 0.1) is 5.92 Å². The molecule has 2 atom stereocenters. The smallest absolute Gasteiger partial charge is 0.407 e. The first-order valence-electron chi connectivity index (χ1n) is 7.88. The number of nitrogens with one attached hydrogen (secondary N) is 3. The minimum atomic E-state index is -0.223. The van der Waals surface area contributed by atoms with Crippen LogP contribution in [0.5, 0.6) is 0 Å². The molecule has 114 valence electrons. The molecule has 4 saturated carbocycles. The average molecular weight is 290 g/mol. The molecule has 4 aliphatic carbocycles. The summed E-state index contributed by atoms with van der Waals surface area (Å²) in [5.74, 6) is 2.13. The number of rotatable bonds is 4. The molecular formula is C15H22N4O2. The van der Waals surface area contributed by atoms with Crippen molar-refractivity contribution in [3.8, 4) is 0 Å². The van der Waals surface area contributed by atoms with Gasteiger partial charge in [0.25, 0.3) is 0 Å². The standard InChI is InChI=1S/C15H22N4O2/c1-16-13-5-12(18-19-13)10-2-3-11(4-10)21-14(20)17-15-6-9(7-15)8-15/h5,9-11H,2-4,6-8H2,1H3,(H,17,20)(H2,16,18,19)/t9?,10-,11+,15?/m0/s1. The molecule has 21 heavy (non-hydrogen) atoms. The number of alkyl carbamates (subject to hydrolysis) is 1. The maximum absolute atomic E-state index is 12.0. The van der Waals surface area contributed by atoms with E-state index in [1.807, 2.05) is 13.1 Å². The van der Waals surface area contributed by atoms with Crippen LogP contribution in [0.4, 0.5) is 10.6 Å². The number of carbonyl (C=O) groups is 1. The second kappa shape index (κ2) is 4.64. The van der Waals surface area contributed by atoms with E-state index in [0.717, 1.165) is 56.0 Å². The first kappa shape index (κ1) is 13.0. The third-order valence-corrected chi connectivity index (χ3v) is 5.36. The molecule has 0 saturated heterocycles. The Morgan fingerprint density at radius 3 is 2.86 bits per heavy atom. The lowest BCUT2D eigenvalue weighted by Crippen LogP contribution is -2.68. The number of hydrogen-bond acceptors (Lipinski definition) is 4. The van der Waals surface area contributed by atoms with Crippen LogP contribution in [-0.4, -0.2) is 35.0 Å². The van der Waals surface area contributed by atoms with Crippen molar-refractivity contribution in [1.29, 1.82) is 0 Å². The summed E-state index contributed by atoms with van der Waals surface area (Å²) in [6.45, 7) is 0. The highest BCUT2D eigenvalue weighted by Crippen LogP contribution is 2.56. The van der Waals surface area contributed by atoms with Crippen molar-refractivity contribution in [1.82, 2.24) is 15.5 Å². The fourth-order valence-electron chi connectivity index (χ4n) is 4.03. The molecule has 1 heterocycles. The summed E-state index contributed by atoms with van der Waals surface area (Å²) in [4.78, 5) is 12.0. The number of ether oxygens (including phenoxy) is 1. The van der Waals surface area contributed by atoms with Gasteiger partial charge in [0.15, 0.2) is 0 Å². The molecule has 1 aromatic rings. The summed E-state index contributed by atoms with van der Waals surface area (Å²) in [5, 5.41) is 13.3. The van der Waals surface area contributed by atoms with E-state index in [1.165, 1.54) is 0 Å². The van der Waals surface area contributed by atoms with Crippen molar-refractivity contribution in [3.63, 3.8) is 0 Å². The van der Waals surface area contributed by atoms with Gasteiger partial charge in [-0.3, -0.25) is 5.10 Å². The molecule has 0 spiro atoms. The second-order valence-corrected chi connectivity index (χ2v) is 6.88. The minimum absolute atomic E-state index is 0.0312. The SMILES string of the molecule is CNc1cc([C@H]2CC[C@@H](OC(=O)NC34CC(C3)C4)C2)[nH]n1. The van der Waals surface area contributed by atoms with Crippen molar-refractivity contribution in [2.75, 3.05) is 12.4 Å². The fraction of sp³-hybridized carbons (Fsp3) is 0.733. The van der Waals surface area contributed by atoms with E-state index < -0.39 is 0 Å². The Morgan fingerprint density at radius 1 is 1.43 bits per heavy atom. The number of amides is 1. The molecular weight excluding hydrogens is 268 g/mol. The maximum atomic E-state index is 12.0. The predicted octanol–water partition coefficient (Wildman–Crippen LogP) is 2.37. The predicted molar refractivity (Wildman–Crippen MR) is 78.2 cm³/mol.